The van der Waals surface area contributed by atoms with E-state index in [1.165, 1.54) is 71.0 Å². The topological polar surface area (TPSA) is 15.3 Å². The first-order valence-electron chi connectivity index (χ1n) is 7.33. The largest absolute Gasteiger partial charge is 0.312 e. The highest BCUT2D eigenvalue weighted by molar-refractivity contribution is 4.78. The molecule has 2 rings (SSSR count). The number of nitrogens with one attached hydrogen (secondary N) is 1. The molecule has 1 saturated carbocycles. The first kappa shape index (κ1) is 12.4. The van der Waals surface area contributed by atoms with Gasteiger partial charge in [0.05, 0.1) is 0 Å². The second-order valence-electron chi connectivity index (χ2n) is 5.69. The van der Waals surface area contributed by atoms with Crippen molar-refractivity contribution in [2.75, 3.05) is 19.6 Å². The molecule has 1 N–H and O–H groups in total. The van der Waals surface area contributed by atoms with E-state index in [0.29, 0.717) is 0 Å². The summed E-state index contributed by atoms with van der Waals surface area (Å²) in [5.41, 5.74) is 0. The van der Waals surface area contributed by atoms with Crippen LogP contribution in [0.2, 0.25) is 0 Å². The Bertz CT molecular complexity index is 179. The van der Waals surface area contributed by atoms with E-state index < -0.39 is 0 Å². The highest BCUT2D eigenvalue weighted by Crippen LogP contribution is 2.18. The Hall–Kier alpha value is -0.0800. The molecule has 2 aliphatic rings. The van der Waals surface area contributed by atoms with E-state index >= 15 is 0 Å². The molecule has 1 unspecified atom stereocenters. The van der Waals surface area contributed by atoms with E-state index in [4.69, 9.17) is 0 Å². The van der Waals surface area contributed by atoms with E-state index in [2.05, 4.69) is 17.1 Å². The predicted molar refractivity (Wildman–Crippen MR) is 69.8 cm³/mol. The summed E-state index contributed by atoms with van der Waals surface area (Å²) in [5.74, 6) is 0. The van der Waals surface area contributed by atoms with Crippen LogP contribution in [0, 0.1) is 0 Å². The van der Waals surface area contributed by atoms with Crippen LogP contribution in [0.1, 0.15) is 58.3 Å². The van der Waals surface area contributed by atoms with Gasteiger partial charge in [-0.05, 0) is 45.7 Å². The third kappa shape index (κ3) is 3.74. The summed E-state index contributed by atoms with van der Waals surface area (Å²) in [4.78, 5) is 2.69. The zero-order valence-electron chi connectivity index (χ0n) is 10.9. The Morgan fingerprint density at radius 1 is 1.00 bits per heavy atom. The monoisotopic (exact) mass is 224 g/mol. The van der Waals surface area contributed by atoms with Crippen molar-refractivity contribution in [2.24, 2.45) is 0 Å². The lowest BCUT2D eigenvalue weighted by Crippen LogP contribution is -2.43. The van der Waals surface area contributed by atoms with Gasteiger partial charge in [0.15, 0.2) is 0 Å². The van der Waals surface area contributed by atoms with Gasteiger partial charge in [0, 0.05) is 18.6 Å². The van der Waals surface area contributed by atoms with E-state index in [-0.39, 0.29) is 0 Å². The van der Waals surface area contributed by atoms with Gasteiger partial charge in [0.2, 0.25) is 0 Å². The molecule has 1 atom stereocenters. The Morgan fingerprint density at radius 2 is 1.62 bits per heavy atom. The molecule has 0 aromatic rings. The second kappa shape index (κ2) is 6.61. The number of likely N-dealkylation sites (tertiary alicyclic amines) is 1. The fourth-order valence-corrected chi connectivity index (χ4v) is 3.13. The molecule has 1 heterocycles. The van der Waals surface area contributed by atoms with Crippen LogP contribution in [0.25, 0.3) is 0 Å². The zero-order valence-corrected chi connectivity index (χ0v) is 10.9. The maximum absolute atomic E-state index is 3.76. The third-order valence-corrected chi connectivity index (χ3v) is 4.32. The van der Waals surface area contributed by atoms with Crippen LogP contribution in [0.15, 0.2) is 0 Å². The molecule has 0 radical (unpaired) electrons. The molecule has 0 aromatic carbocycles. The molecule has 1 aliphatic carbocycles. The predicted octanol–water partition coefficient (Wildman–Crippen LogP) is 2.78. The first-order chi connectivity index (χ1) is 7.86. The van der Waals surface area contributed by atoms with Gasteiger partial charge in [-0.25, -0.2) is 0 Å². The molecule has 16 heavy (non-hydrogen) atoms. The van der Waals surface area contributed by atoms with Crippen LogP contribution in [0.4, 0.5) is 0 Å². The van der Waals surface area contributed by atoms with Gasteiger partial charge < -0.3 is 5.32 Å². The molecule has 0 aromatic heterocycles. The summed E-state index contributed by atoms with van der Waals surface area (Å²) < 4.78 is 0. The molecule has 1 aliphatic heterocycles. The van der Waals surface area contributed by atoms with Gasteiger partial charge in [-0.15, -0.1) is 0 Å². The molecule has 0 amide bonds. The zero-order chi connectivity index (χ0) is 11.2. The van der Waals surface area contributed by atoms with Crippen molar-refractivity contribution in [1.82, 2.24) is 10.2 Å². The fourth-order valence-electron chi connectivity index (χ4n) is 3.13. The normalized spacial score (nSPS) is 26.8. The van der Waals surface area contributed by atoms with Crippen LogP contribution >= 0.6 is 0 Å². The smallest absolute Gasteiger partial charge is 0.0192 e. The Kier molecular flexibility index (Phi) is 5.11. The summed E-state index contributed by atoms with van der Waals surface area (Å²) in [6, 6.07) is 1.56. The second-order valence-corrected chi connectivity index (χ2v) is 5.69. The van der Waals surface area contributed by atoms with E-state index in [1.807, 2.05) is 0 Å². The minimum Gasteiger partial charge on any atom is -0.312 e. The van der Waals surface area contributed by atoms with E-state index in [9.17, 15) is 0 Å². The van der Waals surface area contributed by atoms with E-state index in [1.54, 1.807) is 0 Å². The van der Waals surface area contributed by atoms with Crippen LogP contribution in [-0.2, 0) is 0 Å². The van der Waals surface area contributed by atoms with Crippen LogP contribution < -0.4 is 5.32 Å². The van der Waals surface area contributed by atoms with Crippen molar-refractivity contribution in [3.05, 3.63) is 0 Å². The van der Waals surface area contributed by atoms with Gasteiger partial charge in [-0.1, -0.05) is 25.7 Å². The van der Waals surface area contributed by atoms with Crippen molar-refractivity contribution >= 4 is 0 Å². The SMILES string of the molecule is CC(CNC1CCCC1)N1CCCCCC1. The van der Waals surface area contributed by atoms with Gasteiger partial charge in [-0.2, -0.15) is 0 Å². The summed E-state index contributed by atoms with van der Waals surface area (Å²) in [7, 11) is 0. The maximum atomic E-state index is 3.76. The molecule has 2 fully saturated rings. The third-order valence-electron chi connectivity index (χ3n) is 4.32. The lowest BCUT2D eigenvalue weighted by Gasteiger charge is -2.28. The number of nitrogens with zero attached hydrogens (tertiary/aromatic N) is 1. The van der Waals surface area contributed by atoms with Gasteiger partial charge in [0.1, 0.15) is 0 Å². The number of hydrogen-bond acceptors (Lipinski definition) is 2. The van der Waals surface area contributed by atoms with Gasteiger partial charge >= 0.3 is 0 Å². The van der Waals surface area contributed by atoms with Crippen molar-refractivity contribution in [3.8, 4) is 0 Å². The lowest BCUT2D eigenvalue weighted by atomic mass is 10.2. The van der Waals surface area contributed by atoms with Crippen molar-refractivity contribution in [3.63, 3.8) is 0 Å². The average molecular weight is 224 g/mol. The maximum Gasteiger partial charge on any atom is 0.0192 e. The van der Waals surface area contributed by atoms with E-state index in [0.717, 1.165) is 12.1 Å². The van der Waals surface area contributed by atoms with Crippen molar-refractivity contribution < 1.29 is 0 Å². The van der Waals surface area contributed by atoms with Gasteiger partial charge in [0.25, 0.3) is 0 Å². The molecule has 0 spiro atoms. The number of hydrogen-bond donors (Lipinski definition) is 1. The summed E-state index contributed by atoms with van der Waals surface area (Å²) >= 11 is 0. The summed E-state index contributed by atoms with van der Waals surface area (Å²) in [6.07, 6.45) is 11.4. The Morgan fingerprint density at radius 3 is 2.25 bits per heavy atom. The lowest BCUT2D eigenvalue weighted by molar-refractivity contribution is 0.208. The Balaban J connectivity index is 1.66. The molecule has 2 heteroatoms. The molecule has 1 saturated heterocycles. The quantitative estimate of drug-likeness (QED) is 0.790. The molecule has 0 bridgehead atoms. The van der Waals surface area contributed by atoms with Gasteiger partial charge in [-0.3, -0.25) is 4.90 Å². The fraction of sp³-hybridized carbons (Fsp3) is 1.00. The van der Waals surface area contributed by atoms with Crippen molar-refractivity contribution in [1.29, 1.82) is 0 Å². The first-order valence-corrected chi connectivity index (χ1v) is 7.33. The standard InChI is InChI=1S/C14H28N2/c1-13(12-15-14-8-4-5-9-14)16-10-6-2-3-7-11-16/h13-15H,2-12H2,1H3. The molecular formula is C14H28N2. The van der Waals surface area contributed by atoms with Crippen molar-refractivity contribution in [2.45, 2.75) is 70.4 Å². The molecule has 2 nitrogen and oxygen atoms in total. The minimum absolute atomic E-state index is 0.735. The molecular weight excluding hydrogens is 196 g/mol. The van der Waals surface area contributed by atoms with Crippen LogP contribution in [0.3, 0.4) is 0 Å². The summed E-state index contributed by atoms with van der Waals surface area (Å²) in [6.45, 7) is 6.25. The summed E-state index contributed by atoms with van der Waals surface area (Å²) in [5, 5.41) is 3.76. The molecule has 94 valence electrons. The highest BCUT2D eigenvalue weighted by Gasteiger charge is 2.18. The minimum atomic E-state index is 0.735. The van der Waals surface area contributed by atoms with Crippen LogP contribution in [-0.4, -0.2) is 36.6 Å². The van der Waals surface area contributed by atoms with Crippen LogP contribution in [0.5, 0.6) is 0 Å². The highest BCUT2D eigenvalue weighted by atomic mass is 15.2. The average Bonchev–Trinajstić information content (AvgIpc) is 2.66. The number of rotatable bonds is 4. The Labute approximate surface area is 101 Å².